The Morgan fingerprint density at radius 2 is 1.06 bits per heavy atom. The SMILES string of the molecule is C.CCCC(C)C.CCCCCCCC(C)C. The zero-order chi connectivity index (χ0) is 12.8. The quantitative estimate of drug-likeness (QED) is 0.400. The lowest BCUT2D eigenvalue weighted by Gasteiger charge is -2.02. The van der Waals surface area contributed by atoms with Crippen LogP contribution in [0.5, 0.6) is 0 Å². The van der Waals surface area contributed by atoms with Gasteiger partial charge in [-0.15, -0.1) is 0 Å². The van der Waals surface area contributed by atoms with Gasteiger partial charge in [0.2, 0.25) is 0 Å². The van der Waals surface area contributed by atoms with E-state index >= 15 is 0 Å². The van der Waals surface area contributed by atoms with Crippen molar-refractivity contribution in [2.24, 2.45) is 11.8 Å². The molecule has 17 heavy (non-hydrogen) atoms. The van der Waals surface area contributed by atoms with Crippen LogP contribution < -0.4 is 0 Å². The van der Waals surface area contributed by atoms with Crippen molar-refractivity contribution in [1.29, 1.82) is 0 Å². The number of unbranched alkanes of at least 4 members (excludes halogenated alkanes) is 4. The van der Waals surface area contributed by atoms with Crippen LogP contribution >= 0.6 is 0 Å². The van der Waals surface area contributed by atoms with Gasteiger partial charge >= 0.3 is 0 Å². The monoisotopic (exact) mass is 244 g/mol. The van der Waals surface area contributed by atoms with Gasteiger partial charge in [0.25, 0.3) is 0 Å². The second kappa shape index (κ2) is 18.4. The van der Waals surface area contributed by atoms with Gasteiger partial charge < -0.3 is 0 Å². The van der Waals surface area contributed by atoms with Crippen molar-refractivity contribution in [1.82, 2.24) is 0 Å². The Hall–Kier alpha value is 0. The van der Waals surface area contributed by atoms with Gasteiger partial charge in [-0.3, -0.25) is 0 Å². The van der Waals surface area contributed by atoms with E-state index in [1.807, 2.05) is 0 Å². The molecule has 0 nitrogen and oxygen atoms in total. The third-order valence-electron chi connectivity index (χ3n) is 2.75. The molecule has 0 aliphatic carbocycles. The highest BCUT2D eigenvalue weighted by molar-refractivity contribution is 4.46. The molecule has 0 spiro atoms. The molecule has 0 N–H and O–H groups in total. The van der Waals surface area contributed by atoms with Crippen LogP contribution in [0.1, 0.15) is 100 Å². The highest BCUT2D eigenvalue weighted by Crippen LogP contribution is 2.09. The van der Waals surface area contributed by atoms with Crippen LogP contribution in [0.15, 0.2) is 0 Å². The smallest absolute Gasteiger partial charge is 0.0471 e. The fourth-order valence-corrected chi connectivity index (χ4v) is 1.73. The summed E-state index contributed by atoms with van der Waals surface area (Å²) in [4.78, 5) is 0. The summed E-state index contributed by atoms with van der Waals surface area (Å²) in [5.74, 6) is 1.80. The van der Waals surface area contributed by atoms with Gasteiger partial charge in [0, 0.05) is 0 Å². The molecule has 0 amide bonds. The van der Waals surface area contributed by atoms with Crippen LogP contribution in [0.25, 0.3) is 0 Å². The van der Waals surface area contributed by atoms with E-state index < -0.39 is 0 Å². The first-order chi connectivity index (χ1) is 7.54. The van der Waals surface area contributed by atoms with Crippen molar-refractivity contribution in [2.45, 2.75) is 100 Å². The Balaban J connectivity index is -0.000000244. The number of hydrogen-bond donors (Lipinski definition) is 0. The average molecular weight is 245 g/mol. The number of hydrogen-bond acceptors (Lipinski definition) is 0. The van der Waals surface area contributed by atoms with Crippen LogP contribution in [0.3, 0.4) is 0 Å². The summed E-state index contributed by atoms with van der Waals surface area (Å²) < 4.78 is 0. The van der Waals surface area contributed by atoms with Crippen LogP contribution in [-0.2, 0) is 0 Å². The summed E-state index contributed by atoms with van der Waals surface area (Å²) in [5.41, 5.74) is 0. The molecule has 0 atom stereocenters. The van der Waals surface area contributed by atoms with E-state index in [1.54, 1.807) is 0 Å². The van der Waals surface area contributed by atoms with Crippen molar-refractivity contribution in [3.05, 3.63) is 0 Å². The van der Waals surface area contributed by atoms with Crippen molar-refractivity contribution < 1.29 is 0 Å². The second-order valence-electron chi connectivity index (χ2n) is 5.78. The molecule has 0 aliphatic heterocycles. The van der Waals surface area contributed by atoms with Crippen molar-refractivity contribution in [2.75, 3.05) is 0 Å². The minimum absolute atomic E-state index is 0. The fourth-order valence-electron chi connectivity index (χ4n) is 1.73. The largest absolute Gasteiger partial charge is 0.0776 e. The minimum atomic E-state index is 0. The molecule has 0 heteroatoms. The molecule has 0 radical (unpaired) electrons. The van der Waals surface area contributed by atoms with Crippen LogP contribution in [0.2, 0.25) is 0 Å². The lowest BCUT2D eigenvalue weighted by atomic mass is 10.0. The molecule has 0 saturated carbocycles. The highest BCUT2D eigenvalue weighted by Gasteiger charge is 1.92. The fraction of sp³-hybridized carbons (Fsp3) is 1.00. The van der Waals surface area contributed by atoms with Gasteiger partial charge in [0.05, 0.1) is 0 Å². The van der Waals surface area contributed by atoms with Crippen molar-refractivity contribution in [3.8, 4) is 0 Å². The molecule has 0 aromatic carbocycles. The molecule has 0 heterocycles. The summed E-state index contributed by atoms with van der Waals surface area (Å²) in [5, 5.41) is 0. The lowest BCUT2D eigenvalue weighted by Crippen LogP contribution is -1.86. The first kappa shape index (κ1) is 22.2. The summed E-state index contributed by atoms with van der Waals surface area (Å²) in [6, 6.07) is 0. The maximum Gasteiger partial charge on any atom is -0.0471 e. The van der Waals surface area contributed by atoms with Gasteiger partial charge in [-0.05, 0) is 11.8 Å². The van der Waals surface area contributed by atoms with Crippen LogP contribution in [0.4, 0.5) is 0 Å². The zero-order valence-electron chi connectivity index (χ0n) is 12.8. The minimum Gasteiger partial charge on any atom is -0.0776 e. The van der Waals surface area contributed by atoms with E-state index in [2.05, 4.69) is 41.5 Å². The maximum absolute atomic E-state index is 2.31. The Morgan fingerprint density at radius 1 is 0.588 bits per heavy atom. The van der Waals surface area contributed by atoms with Gasteiger partial charge in [-0.2, -0.15) is 0 Å². The molecular formula is C17H40. The first-order valence-corrected chi connectivity index (χ1v) is 7.54. The summed E-state index contributed by atoms with van der Waals surface area (Å²) in [7, 11) is 0. The molecule has 0 bridgehead atoms. The Labute approximate surface area is 113 Å². The van der Waals surface area contributed by atoms with E-state index in [0.717, 1.165) is 11.8 Å². The predicted octanol–water partition coefficient (Wildman–Crippen LogP) is 7.08. The molecule has 0 rings (SSSR count). The summed E-state index contributed by atoms with van der Waals surface area (Å²) in [6.45, 7) is 13.6. The topological polar surface area (TPSA) is 0 Å². The molecule has 108 valence electrons. The normalized spacial score (nSPS) is 9.88. The Kier molecular flexibility index (Phi) is 24.0. The average Bonchev–Trinajstić information content (AvgIpc) is 2.17. The third kappa shape index (κ3) is 31.4. The standard InChI is InChI=1S/C10H22.C6H14.CH4/c1-4-5-6-7-8-9-10(2)3;1-4-5-6(2)3;/h10H,4-9H2,1-3H3;6H,4-5H2,1-3H3;1H4. The van der Waals surface area contributed by atoms with E-state index in [0.29, 0.717) is 0 Å². The van der Waals surface area contributed by atoms with Crippen LogP contribution in [-0.4, -0.2) is 0 Å². The summed E-state index contributed by atoms with van der Waals surface area (Å²) >= 11 is 0. The van der Waals surface area contributed by atoms with Crippen molar-refractivity contribution >= 4 is 0 Å². The predicted molar refractivity (Wildman–Crippen MR) is 84.7 cm³/mol. The van der Waals surface area contributed by atoms with Gasteiger partial charge in [0.15, 0.2) is 0 Å². The molecule has 0 aromatic heterocycles. The first-order valence-electron chi connectivity index (χ1n) is 7.54. The van der Waals surface area contributed by atoms with Crippen LogP contribution in [0, 0.1) is 11.8 Å². The van der Waals surface area contributed by atoms with E-state index in [1.165, 1.54) is 51.4 Å². The molecule has 0 unspecified atom stereocenters. The molecule has 0 fully saturated rings. The second-order valence-corrected chi connectivity index (χ2v) is 5.78. The zero-order valence-corrected chi connectivity index (χ0v) is 12.8. The summed E-state index contributed by atoms with van der Waals surface area (Å²) in [6.07, 6.45) is 11.3. The Bertz CT molecular complexity index is 103. The molecular weight excluding hydrogens is 204 g/mol. The number of rotatable bonds is 8. The van der Waals surface area contributed by atoms with E-state index in [9.17, 15) is 0 Å². The maximum atomic E-state index is 2.31. The van der Waals surface area contributed by atoms with Gasteiger partial charge in [0.1, 0.15) is 0 Å². The van der Waals surface area contributed by atoms with Crippen molar-refractivity contribution in [3.63, 3.8) is 0 Å². The third-order valence-corrected chi connectivity index (χ3v) is 2.75. The van der Waals surface area contributed by atoms with E-state index in [-0.39, 0.29) is 7.43 Å². The van der Waals surface area contributed by atoms with E-state index in [4.69, 9.17) is 0 Å². The Morgan fingerprint density at radius 3 is 1.35 bits per heavy atom. The molecule has 0 aliphatic rings. The molecule has 0 saturated heterocycles. The van der Waals surface area contributed by atoms with Gasteiger partial charge in [-0.25, -0.2) is 0 Å². The lowest BCUT2D eigenvalue weighted by molar-refractivity contribution is 0.518. The highest BCUT2D eigenvalue weighted by atomic mass is 14.0. The van der Waals surface area contributed by atoms with Gasteiger partial charge in [-0.1, -0.05) is 100 Å². The molecule has 0 aromatic rings.